The largest absolute Gasteiger partial charge is 0.481 e. The molecule has 18 heavy (non-hydrogen) atoms. The van der Waals surface area contributed by atoms with Crippen LogP contribution in [0.25, 0.3) is 0 Å². The van der Waals surface area contributed by atoms with Crippen LogP contribution in [0.5, 0.6) is 5.88 Å². The molecule has 0 saturated heterocycles. The van der Waals surface area contributed by atoms with Crippen molar-refractivity contribution in [1.82, 2.24) is 9.97 Å². The Balaban J connectivity index is 2.38. The quantitative estimate of drug-likeness (QED) is 0.782. The summed E-state index contributed by atoms with van der Waals surface area (Å²) >= 11 is 0. The van der Waals surface area contributed by atoms with E-state index in [1.54, 1.807) is 0 Å². The van der Waals surface area contributed by atoms with Gasteiger partial charge in [0.1, 0.15) is 12.0 Å². The zero-order chi connectivity index (χ0) is 13.1. The van der Waals surface area contributed by atoms with E-state index in [0.717, 1.165) is 18.5 Å². The number of aromatic nitrogens is 2. The Bertz CT molecular complexity index is 602. The lowest BCUT2D eigenvalue weighted by Gasteiger charge is -2.02. The maximum absolute atomic E-state index is 13.0. The first-order valence-electron chi connectivity index (χ1n) is 4.97. The molecule has 0 spiro atoms. The van der Waals surface area contributed by atoms with Gasteiger partial charge in [0.15, 0.2) is 11.6 Å². The van der Waals surface area contributed by atoms with Crippen molar-refractivity contribution < 1.29 is 18.3 Å². The van der Waals surface area contributed by atoms with Crippen LogP contribution in [0.15, 0.2) is 30.6 Å². The zero-order valence-electron chi connectivity index (χ0n) is 9.35. The first-order valence-corrected chi connectivity index (χ1v) is 4.97. The van der Waals surface area contributed by atoms with Gasteiger partial charge in [-0.2, -0.15) is 0 Å². The first-order chi connectivity index (χ1) is 8.61. The molecule has 0 amide bonds. The highest BCUT2D eigenvalue weighted by Crippen LogP contribution is 2.14. The van der Waals surface area contributed by atoms with Crippen LogP contribution in [-0.4, -0.2) is 22.9 Å². The highest BCUT2D eigenvalue weighted by atomic mass is 19.2. The molecule has 0 bridgehead atoms. The van der Waals surface area contributed by atoms with Gasteiger partial charge in [-0.25, -0.2) is 18.7 Å². The number of ketones is 1. The van der Waals surface area contributed by atoms with Gasteiger partial charge in [0, 0.05) is 11.6 Å². The Morgan fingerprint density at radius 3 is 2.61 bits per heavy atom. The minimum absolute atomic E-state index is 0.00894. The SMILES string of the molecule is COc1cc(C(=O)c2ccc(F)c(F)c2)ncn1. The number of hydrogen-bond acceptors (Lipinski definition) is 4. The summed E-state index contributed by atoms with van der Waals surface area (Å²) < 4.78 is 30.6. The molecule has 1 heterocycles. The summed E-state index contributed by atoms with van der Waals surface area (Å²) in [6, 6.07) is 4.23. The molecule has 0 fully saturated rings. The zero-order valence-corrected chi connectivity index (χ0v) is 9.35. The van der Waals surface area contributed by atoms with E-state index in [1.807, 2.05) is 0 Å². The van der Waals surface area contributed by atoms with Crippen molar-refractivity contribution in [2.45, 2.75) is 0 Å². The third-order valence-corrected chi connectivity index (χ3v) is 2.27. The number of hydrogen-bond donors (Lipinski definition) is 0. The van der Waals surface area contributed by atoms with Crippen LogP contribution >= 0.6 is 0 Å². The van der Waals surface area contributed by atoms with Gasteiger partial charge in [0.25, 0.3) is 0 Å². The molecule has 92 valence electrons. The lowest BCUT2D eigenvalue weighted by Crippen LogP contribution is -2.06. The molecule has 4 nitrogen and oxygen atoms in total. The monoisotopic (exact) mass is 250 g/mol. The van der Waals surface area contributed by atoms with Gasteiger partial charge in [-0.3, -0.25) is 4.79 Å². The maximum atomic E-state index is 13.0. The lowest BCUT2D eigenvalue weighted by atomic mass is 10.1. The van der Waals surface area contributed by atoms with Crippen molar-refractivity contribution in [3.63, 3.8) is 0 Å². The van der Waals surface area contributed by atoms with Gasteiger partial charge in [-0.1, -0.05) is 0 Å². The van der Waals surface area contributed by atoms with Crippen molar-refractivity contribution in [2.75, 3.05) is 7.11 Å². The van der Waals surface area contributed by atoms with Crippen molar-refractivity contribution >= 4 is 5.78 Å². The number of benzene rings is 1. The second kappa shape index (κ2) is 4.87. The molecule has 0 aliphatic carbocycles. The molecule has 6 heteroatoms. The van der Waals surface area contributed by atoms with E-state index >= 15 is 0 Å². The molecule has 0 aliphatic rings. The average Bonchev–Trinajstić information content (AvgIpc) is 2.41. The van der Waals surface area contributed by atoms with Crippen molar-refractivity contribution in [3.05, 3.63) is 53.5 Å². The van der Waals surface area contributed by atoms with Gasteiger partial charge >= 0.3 is 0 Å². The number of ether oxygens (including phenoxy) is 1. The van der Waals surface area contributed by atoms with Crippen LogP contribution < -0.4 is 4.74 Å². The van der Waals surface area contributed by atoms with Crippen molar-refractivity contribution in [3.8, 4) is 5.88 Å². The van der Waals surface area contributed by atoms with Gasteiger partial charge in [0.05, 0.1) is 7.11 Å². The molecule has 0 aliphatic heterocycles. The summed E-state index contributed by atoms with van der Waals surface area (Å²) in [4.78, 5) is 19.4. The Labute approximate surface area is 101 Å². The molecular weight excluding hydrogens is 242 g/mol. The highest BCUT2D eigenvalue weighted by molar-refractivity contribution is 6.07. The van der Waals surface area contributed by atoms with Crippen LogP contribution in [0.4, 0.5) is 8.78 Å². The standard InChI is InChI=1S/C12H8F2N2O2/c1-18-11-5-10(15-6-16-11)12(17)7-2-3-8(13)9(14)4-7/h2-6H,1H3. The Morgan fingerprint density at radius 1 is 1.17 bits per heavy atom. The fourth-order valence-corrected chi connectivity index (χ4v) is 1.36. The molecule has 2 rings (SSSR count). The van der Waals surface area contributed by atoms with Gasteiger partial charge in [-0.15, -0.1) is 0 Å². The Kier molecular flexibility index (Phi) is 3.27. The molecule has 0 saturated carbocycles. The number of carbonyl (C=O) groups is 1. The molecule has 0 radical (unpaired) electrons. The minimum atomic E-state index is -1.08. The van der Waals surface area contributed by atoms with Crippen LogP contribution in [0, 0.1) is 11.6 Å². The van der Waals surface area contributed by atoms with E-state index in [1.165, 1.54) is 19.2 Å². The number of nitrogens with zero attached hydrogens (tertiary/aromatic N) is 2. The molecule has 0 atom stereocenters. The number of carbonyl (C=O) groups excluding carboxylic acids is 1. The van der Waals surface area contributed by atoms with Gasteiger partial charge in [-0.05, 0) is 18.2 Å². The average molecular weight is 250 g/mol. The summed E-state index contributed by atoms with van der Waals surface area (Å²) in [5, 5.41) is 0. The molecule has 0 unspecified atom stereocenters. The molecule has 1 aromatic heterocycles. The first kappa shape index (κ1) is 12.1. The second-order valence-corrected chi connectivity index (χ2v) is 3.40. The summed E-state index contributed by atoms with van der Waals surface area (Å²) in [7, 11) is 1.40. The van der Waals surface area contributed by atoms with Crippen LogP contribution in [-0.2, 0) is 0 Å². The van der Waals surface area contributed by atoms with Gasteiger partial charge in [0.2, 0.25) is 11.7 Å². The van der Waals surface area contributed by atoms with E-state index in [-0.39, 0.29) is 17.1 Å². The summed E-state index contributed by atoms with van der Waals surface area (Å²) in [5.74, 6) is -2.40. The molecular formula is C12H8F2N2O2. The number of methoxy groups -OCH3 is 1. The third kappa shape index (κ3) is 2.32. The Morgan fingerprint density at radius 2 is 1.94 bits per heavy atom. The highest BCUT2D eigenvalue weighted by Gasteiger charge is 2.14. The van der Waals surface area contributed by atoms with Crippen molar-refractivity contribution in [2.24, 2.45) is 0 Å². The fourth-order valence-electron chi connectivity index (χ4n) is 1.36. The summed E-state index contributed by atoms with van der Waals surface area (Å²) in [6.45, 7) is 0. The minimum Gasteiger partial charge on any atom is -0.481 e. The van der Waals surface area contributed by atoms with Crippen LogP contribution in [0.2, 0.25) is 0 Å². The van der Waals surface area contributed by atoms with E-state index in [2.05, 4.69) is 9.97 Å². The van der Waals surface area contributed by atoms with Crippen LogP contribution in [0.1, 0.15) is 16.1 Å². The number of rotatable bonds is 3. The van der Waals surface area contributed by atoms with E-state index < -0.39 is 17.4 Å². The van der Waals surface area contributed by atoms with E-state index in [4.69, 9.17) is 4.74 Å². The molecule has 0 N–H and O–H groups in total. The normalized spacial score (nSPS) is 10.2. The number of halogens is 2. The third-order valence-electron chi connectivity index (χ3n) is 2.27. The molecule has 1 aromatic carbocycles. The summed E-state index contributed by atoms with van der Waals surface area (Å²) in [5.41, 5.74) is 0.0579. The fraction of sp³-hybridized carbons (Fsp3) is 0.0833. The topological polar surface area (TPSA) is 52.1 Å². The predicted octanol–water partition coefficient (Wildman–Crippen LogP) is 1.99. The second-order valence-electron chi connectivity index (χ2n) is 3.40. The Hall–Kier alpha value is -2.37. The maximum Gasteiger partial charge on any atom is 0.216 e. The molecule has 2 aromatic rings. The lowest BCUT2D eigenvalue weighted by molar-refractivity contribution is 0.103. The summed E-state index contributed by atoms with van der Waals surface area (Å²) in [6.07, 6.45) is 1.16. The predicted molar refractivity (Wildman–Crippen MR) is 58.4 cm³/mol. The van der Waals surface area contributed by atoms with E-state index in [9.17, 15) is 13.6 Å². The van der Waals surface area contributed by atoms with E-state index in [0.29, 0.717) is 0 Å². The smallest absolute Gasteiger partial charge is 0.216 e. The van der Waals surface area contributed by atoms with Gasteiger partial charge < -0.3 is 4.74 Å². The van der Waals surface area contributed by atoms with Crippen LogP contribution in [0.3, 0.4) is 0 Å². The van der Waals surface area contributed by atoms with Crippen molar-refractivity contribution in [1.29, 1.82) is 0 Å².